The van der Waals surface area contributed by atoms with Crippen LogP contribution >= 0.6 is 11.6 Å². The molecule has 1 saturated carbocycles. The highest BCUT2D eigenvalue weighted by Gasteiger charge is 2.31. The number of hydrogen-bond acceptors (Lipinski definition) is 6. The van der Waals surface area contributed by atoms with Crippen molar-refractivity contribution in [1.29, 1.82) is 0 Å². The molecule has 1 aliphatic heterocycles. The van der Waals surface area contributed by atoms with E-state index in [0.717, 1.165) is 17.0 Å². The quantitative estimate of drug-likeness (QED) is 0.369. The Kier molecular flexibility index (Phi) is 5.45. The van der Waals surface area contributed by atoms with Gasteiger partial charge in [0.2, 0.25) is 0 Å². The monoisotopic (exact) mass is 492 g/mol. The fourth-order valence-corrected chi connectivity index (χ4v) is 4.80. The second-order valence-corrected chi connectivity index (χ2v) is 9.98. The number of fused-ring (bicyclic) bond motifs is 1. The smallest absolute Gasteiger partial charge is 0.181 e. The first-order valence-electron chi connectivity index (χ1n) is 11.9. The van der Waals surface area contributed by atoms with E-state index >= 15 is 4.39 Å². The third kappa shape index (κ3) is 4.25. The molecular formula is C26H26ClFN6O. The third-order valence-corrected chi connectivity index (χ3v) is 6.99. The Morgan fingerprint density at radius 1 is 1.03 bits per heavy atom. The van der Waals surface area contributed by atoms with E-state index in [4.69, 9.17) is 31.3 Å². The summed E-state index contributed by atoms with van der Waals surface area (Å²) in [6, 6.07) is 7.11. The van der Waals surface area contributed by atoms with E-state index < -0.39 is 5.82 Å². The molecule has 35 heavy (non-hydrogen) atoms. The van der Waals surface area contributed by atoms with Gasteiger partial charge >= 0.3 is 0 Å². The molecule has 2 aliphatic rings. The van der Waals surface area contributed by atoms with Crippen LogP contribution in [-0.4, -0.2) is 43.9 Å². The van der Waals surface area contributed by atoms with E-state index in [1.807, 2.05) is 30.8 Å². The van der Waals surface area contributed by atoms with Crippen molar-refractivity contribution in [3.05, 3.63) is 64.5 Å². The molecule has 2 atom stereocenters. The van der Waals surface area contributed by atoms with Crippen molar-refractivity contribution in [2.75, 3.05) is 18.0 Å². The highest BCUT2D eigenvalue weighted by atomic mass is 35.5. The van der Waals surface area contributed by atoms with E-state index in [1.54, 1.807) is 12.1 Å². The summed E-state index contributed by atoms with van der Waals surface area (Å²) in [5.41, 5.74) is 4.77. The summed E-state index contributed by atoms with van der Waals surface area (Å²) in [5.74, 6) is 0.311. The molecule has 0 amide bonds. The van der Waals surface area contributed by atoms with Crippen LogP contribution in [-0.2, 0) is 4.74 Å². The minimum atomic E-state index is -0.406. The normalized spacial score (nSPS) is 20.5. The van der Waals surface area contributed by atoms with Crippen LogP contribution < -0.4 is 4.90 Å². The van der Waals surface area contributed by atoms with Gasteiger partial charge in [0.25, 0.3) is 0 Å². The number of rotatable bonds is 4. The molecule has 1 aromatic carbocycles. The van der Waals surface area contributed by atoms with Crippen molar-refractivity contribution in [3.63, 3.8) is 0 Å². The summed E-state index contributed by atoms with van der Waals surface area (Å²) in [6.07, 6.45) is 6.21. The summed E-state index contributed by atoms with van der Waals surface area (Å²) in [6.45, 7) is 7.13. The number of morpholine rings is 1. The van der Waals surface area contributed by atoms with Gasteiger partial charge in [-0.05, 0) is 57.9 Å². The Hall–Kier alpha value is -3.10. The first-order chi connectivity index (χ1) is 16.9. The highest BCUT2D eigenvalue weighted by Crippen LogP contribution is 2.37. The van der Waals surface area contributed by atoms with Crippen LogP contribution in [0.1, 0.15) is 48.9 Å². The molecule has 1 saturated heterocycles. The van der Waals surface area contributed by atoms with Crippen LogP contribution in [0.3, 0.4) is 0 Å². The van der Waals surface area contributed by atoms with E-state index in [0.29, 0.717) is 52.3 Å². The van der Waals surface area contributed by atoms with Gasteiger partial charge < -0.3 is 9.64 Å². The number of aryl methyl sites for hydroxylation is 2. The Morgan fingerprint density at radius 2 is 1.83 bits per heavy atom. The Balaban J connectivity index is 1.43. The molecule has 4 aromatic rings. The van der Waals surface area contributed by atoms with Crippen molar-refractivity contribution in [3.8, 4) is 11.1 Å². The molecule has 3 aromatic heterocycles. The summed E-state index contributed by atoms with van der Waals surface area (Å²) in [7, 11) is 0. The predicted molar refractivity (Wildman–Crippen MR) is 133 cm³/mol. The second-order valence-electron chi connectivity index (χ2n) is 9.54. The van der Waals surface area contributed by atoms with Gasteiger partial charge in [0.15, 0.2) is 5.65 Å². The van der Waals surface area contributed by atoms with Gasteiger partial charge in [0.1, 0.15) is 23.3 Å². The zero-order valence-corrected chi connectivity index (χ0v) is 20.6. The second kappa shape index (κ2) is 8.53. The van der Waals surface area contributed by atoms with Crippen LogP contribution in [0, 0.1) is 19.7 Å². The van der Waals surface area contributed by atoms with Crippen molar-refractivity contribution in [1.82, 2.24) is 24.7 Å². The zero-order chi connectivity index (χ0) is 24.3. The average molecular weight is 493 g/mol. The van der Waals surface area contributed by atoms with Crippen molar-refractivity contribution < 1.29 is 9.13 Å². The standard InChI is InChI=1S/C26H26ClFN6O/c1-14-11-33(13-23(35-14)17-10-29-34(12-17)19-5-6-19)24-9-21(20-7-4-18(27)8-22(20)28)25-26(32-24)31-16(3)15(2)30-25/h4,7-10,12,14,19,23H,5-6,11,13H2,1-3H3. The van der Waals surface area contributed by atoms with E-state index in [2.05, 4.69) is 23.1 Å². The number of halogens is 2. The molecule has 2 unspecified atom stereocenters. The summed E-state index contributed by atoms with van der Waals surface area (Å²) >= 11 is 6.03. The van der Waals surface area contributed by atoms with Crippen LogP contribution in [0.15, 0.2) is 36.7 Å². The predicted octanol–water partition coefficient (Wildman–Crippen LogP) is 5.60. The lowest BCUT2D eigenvalue weighted by molar-refractivity contribution is -0.0176. The molecule has 4 heterocycles. The van der Waals surface area contributed by atoms with Gasteiger partial charge in [-0.25, -0.2) is 19.3 Å². The van der Waals surface area contributed by atoms with Crippen molar-refractivity contribution in [2.24, 2.45) is 0 Å². The lowest BCUT2D eigenvalue weighted by Gasteiger charge is -2.37. The molecule has 0 radical (unpaired) electrons. The molecule has 180 valence electrons. The Morgan fingerprint density at radius 3 is 2.60 bits per heavy atom. The van der Waals surface area contributed by atoms with E-state index in [1.165, 1.54) is 18.9 Å². The van der Waals surface area contributed by atoms with E-state index in [9.17, 15) is 0 Å². The topological polar surface area (TPSA) is 69.0 Å². The molecular weight excluding hydrogens is 467 g/mol. The molecule has 7 nitrogen and oxygen atoms in total. The van der Waals surface area contributed by atoms with Crippen molar-refractivity contribution in [2.45, 2.75) is 51.9 Å². The van der Waals surface area contributed by atoms with Crippen molar-refractivity contribution >= 4 is 28.6 Å². The molecule has 0 spiro atoms. The number of ether oxygens (including phenoxy) is 1. The number of pyridine rings is 1. The zero-order valence-electron chi connectivity index (χ0n) is 19.9. The fourth-order valence-electron chi connectivity index (χ4n) is 4.64. The highest BCUT2D eigenvalue weighted by molar-refractivity contribution is 6.30. The number of aromatic nitrogens is 5. The number of hydrogen-bond donors (Lipinski definition) is 0. The molecule has 6 rings (SSSR count). The van der Waals surface area contributed by atoms with Crippen LogP contribution in [0.4, 0.5) is 10.2 Å². The molecule has 2 fully saturated rings. The maximum atomic E-state index is 15.0. The SMILES string of the molecule is Cc1nc2nc(N3CC(C)OC(c4cnn(C5CC5)c4)C3)cc(-c3ccc(Cl)cc3F)c2nc1C. The fraction of sp³-hybridized carbons (Fsp3) is 0.385. The van der Waals surface area contributed by atoms with Gasteiger partial charge in [-0.15, -0.1) is 0 Å². The van der Waals surface area contributed by atoms with Crippen LogP contribution in [0.5, 0.6) is 0 Å². The molecule has 0 N–H and O–H groups in total. The maximum absolute atomic E-state index is 15.0. The molecule has 0 bridgehead atoms. The van der Waals surface area contributed by atoms with Gasteiger partial charge in [0.05, 0.1) is 36.3 Å². The number of nitrogens with zero attached hydrogens (tertiary/aromatic N) is 6. The van der Waals surface area contributed by atoms with Gasteiger partial charge in [-0.2, -0.15) is 5.10 Å². The first-order valence-corrected chi connectivity index (χ1v) is 12.3. The summed E-state index contributed by atoms with van der Waals surface area (Å²) in [5, 5.41) is 4.88. The molecule has 1 aliphatic carbocycles. The number of benzene rings is 1. The van der Waals surface area contributed by atoms with Crippen LogP contribution in [0.25, 0.3) is 22.3 Å². The largest absolute Gasteiger partial charge is 0.367 e. The maximum Gasteiger partial charge on any atom is 0.181 e. The van der Waals surface area contributed by atoms with Crippen LogP contribution in [0.2, 0.25) is 5.02 Å². The van der Waals surface area contributed by atoms with E-state index in [-0.39, 0.29) is 12.2 Å². The average Bonchev–Trinajstić information content (AvgIpc) is 3.55. The molecule has 9 heteroatoms. The van der Waals surface area contributed by atoms with Gasteiger partial charge in [0, 0.05) is 34.5 Å². The van der Waals surface area contributed by atoms with Gasteiger partial charge in [-0.1, -0.05) is 11.6 Å². The number of anilines is 1. The third-order valence-electron chi connectivity index (χ3n) is 6.76. The van der Waals surface area contributed by atoms with Gasteiger partial charge in [-0.3, -0.25) is 4.68 Å². The summed E-state index contributed by atoms with van der Waals surface area (Å²) in [4.78, 5) is 16.5. The summed E-state index contributed by atoms with van der Waals surface area (Å²) < 4.78 is 23.4. The minimum absolute atomic E-state index is 0.0166. The first kappa shape index (κ1) is 22.4. The minimum Gasteiger partial charge on any atom is -0.367 e. The Bertz CT molecular complexity index is 1440. The lowest BCUT2D eigenvalue weighted by Crippen LogP contribution is -2.43. The Labute approximate surface area is 207 Å². The lowest BCUT2D eigenvalue weighted by atomic mass is 10.0.